The molecule has 88 valence electrons. The fourth-order valence-corrected chi connectivity index (χ4v) is 2.74. The highest BCUT2D eigenvalue weighted by Gasteiger charge is 2.38. The summed E-state index contributed by atoms with van der Waals surface area (Å²) >= 11 is 0. The second-order valence-corrected chi connectivity index (χ2v) is 6.51. The van der Waals surface area contributed by atoms with Gasteiger partial charge in [-0.25, -0.2) is 8.42 Å². The Balaban J connectivity index is 3.34. The van der Waals surface area contributed by atoms with Crippen molar-refractivity contribution < 1.29 is 13.6 Å². The third-order valence-corrected chi connectivity index (χ3v) is 5.28. The summed E-state index contributed by atoms with van der Waals surface area (Å²) < 4.78 is 23.3. The van der Waals surface area contributed by atoms with E-state index in [0.717, 1.165) is 0 Å². The topological polar surface area (TPSA) is 66.7 Å². The van der Waals surface area contributed by atoms with Crippen molar-refractivity contribution in [3.8, 4) is 0 Å². The van der Waals surface area contributed by atoms with E-state index in [2.05, 4.69) is 5.16 Å². The normalized spacial score (nSPS) is 13.8. The largest absolute Gasteiger partial charge is 0.411 e. The second-order valence-electron chi connectivity index (χ2n) is 4.01. The monoisotopic (exact) mass is 241 g/mol. The fraction of sp³-hybridized carbons (Fsp3) is 0.364. The molecule has 0 aromatic heterocycles. The van der Waals surface area contributed by atoms with Crippen LogP contribution in [0, 0.1) is 0 Å². The van der Waals surface area contributed by atoms with Crippen molar-refractivity contribution in [3.05, 3.63) is 30.3 Å². The van der Waals surface area contributed by atoms with Crippen LogP contribution in [0.25, 0.3) is 0 Å². The molecule has 0 fully saturated rings. The molecule has 0 spiro atoms. The molecule has 1 aromatic rings. The van der Waals surface area contributed by atoms with Gasteiger partial charge in [-0.2, -0.15) is 0 Å². The van der Waals surface area contributed by atoms with Gasteiger partial charge in [-0.05, 0) is 32.9 Å². The molecule has 1 aromatic carbocycles. The molecule has 16 heavy (non-hydrogen) atoms. The van der Waals surface area contributed by atoms with Gasteiger partial charge < -0.3 is 5.21 Å². The minimum absolute atomic E-state index is 0.163. The number of benzene rings is 1. The summed E-state index contributed by atoms with van der Waals surface area (Å²) in [6, 6.07) is 8.13. The average Bonchev–Trinajstić information content (AvgIpc) is 2.28. The van der Waals surface area contributed by atoms with Crippen molar-refractivity contribution in [2.24, 2.45) is 5.16 Å². The van der Waals surface area contributed by atoms with Gasteiger partial charge >= 0.3 is 0 Å². The van der Waals surface area contributed by atoms with Crippen molar-refractivity contribution in [2.75, 3.05) is 0 Å². The molecule has 5 heteroatoms. The molecule has 4 nitrogen and oxygen atoms in total. The molecule has 0 saturated heterocycles. The number of oxime groups is 1. The Morgan fingerprint density at radius 2 is 1.75 bits per heavy atom. The maximum Gasteiger partial charge on any atom is 0.188 e. The molecule has 0 saturated carbocycles. The van der Waals surface area contributed by atoms with Gasteiger partial charge in [0.25, 0.3) is 0 Å². The van der Waals surface area contributed by atoms with E-state index in [1.54, 1.807) is 18.2 Å². The van der Waals surface area contributed by atoms with E-state index in [0.29, 0.717) is 0 Å². The molecule has 0 aliphatic heterocycles. The third kappa shape index (κ3) is 1.95. The maximum absolute atomic E-state index is 12.3. The number of rotatable bonds is 3. The van der Waals surface area contributed by atoms with Gasteiger partial charge in [0.1, 0.15) is 4.75 Å². The average molecular weight is 241 g/mol. The first kappa shape index (κ1) is 12.7. The lowest BCUT2D eigenvalue weighted by molar-refractivity contribution is 0.316. The highest BCUT2D eigenvalue weighted by Crippen LogP contribution is 2.26. The van der Waals surface area contributed by atoms with Crippen molar-refractivity contribution in [2.45, 2.75) is 30.4 Å². The van der Waals surface area contributed by atoms with Gasteiger partial charge in [0.2, 0.25) is 0 Å². The van der Waals surface area contributed by atoms with Crippen LogP contribution in [0.1, 0.15) is 20.8 Å². The smallest absolute Gasteiger partial charge is 0.188 e. The van der Waals surface area contributed by atoms with Crippen LogP contribution in [0.2, 0.25) is 0 Å². The molecule has 1 rings (SSSR count). The Kier molecular flexibility index (Phi) is 3.38. The summed E-state index contributed by atoms with van der Waals surface area (Å²) in [5.74, 6) is 0. The first-order valence-corrected chi connectivity index (χ1v) is 6.31. The summed E-state index contributed by atoms with van der Waals surface area (Å²) in [5, 5.41) is 11.7. The van der Waals surface area contributed by atoms with Gasteiger partial charge in [-0.3, -0.25) is 0 Å². The molecular formula is C11H15NO3S. The summed E-state index contributed by atoms with van der Waals surface area (Å²) in [6.07, 6.45) is 0. The lowest BCUT2D eigenvalue weighted by atomic mass is 10.1. The lowest BCUT2D eigenvalue weighted by Crippen LogP contribution is -2.39. The van der Waals surface area contributed by atoms with Crippen LogP contribution in [-0.4, -0.2) is 24.1 Å². The third-order valence-electron chi connectivity index (χ3n) is 2.75. The minimum atomic E-state index is -3.54. The van der Waals surface area contributed by atoms with E-state index < -0.39 is 14.6 Å². The first-order chi connectivity index (χ1) is 7.34. The van der Waals surface area contributed by atoms with Gasteiger partial charge in [0.15, 0.2) is 9.84 Å². The van der Waals surface area contributed by atoms with E-state index in [4.69, 9.17) is 5.21 Å². The van der Waals surface area contributed by atoms with Gasteiger partial charge in [0, 0.05) is 0 Å². The van der Waals surface area contributed by atoms with Gasteiger partial charge in [0.05, 0.1) is 10.6 Å². The van der Waals surface area contributed by atoms with E-state index >= 15 is 0 Å². The van der Waals surface area contributed by atoms with Crippen LogP contribution in [0.5, 0.6) is 0 Å². The summed E-state index contributed by atoms with van der Waals surface area (Å²) in [4.78, 5) is 0.225. The molecular weight excluding hydrogens is 226 g/mol. The Morgan fingerprint density at radius 1 is 1.25 bits per heavy atom. The van der Waals surface area contributed by atoms with Crippen LogP contribution in [0.3, 0.4) is 0 Å². The molecule has 0 aliphatic rings. The van der Waals surface area contributed by atoms with E-state index in [-0.39, 0.29) is 10.6 Å². The molecule has 0 amide bonds. The molecule has 0 unspecified atom stereocenters. The predicted molar refractivity (Wildman–Crippen MR) is 62.6 cm³/mol. The van der Waals surface area contributed by atoms with E-state index in [1.807, 2.05) is 0 Å². The number of hydrogen-bond acceptors (Lipinski definition) is 4. The maximum atomic E-state index is 12.3. The molecule has 0 aliphatic carbocycles. The highest BCUT2D eigenvalue weighted by atomic mass is 32.2. The molecule has 1 N–H and O–H groups in total. The van der Waals surface area contributed by atoms with Crippen LogP contribution in [0.4, 0.5) is 0 Å². The Hall–Kier alpha value is -1.36. The zero-order chi connectivity index (χ0) is 12.4. The lowest BCUT2D eigenvalue weighted by Gasteiger charge is -2.23. The predicted octanol–water partition coefficient (Wildman–Crippen LogP) is 2.09. The Bertz CT molecular complexity index is 489. The molecule has 0 bridgehead atoms. The molecule has 0 heterocycles. The van der Waals surface area contributed by atoms with Crippen molar-refractivity contribution >= 4 is 15.5 Å². The minimum Gasteiger partial charge on any atom is -0.411 e. The fourth-order valence-electron chi connectivity index (χ4n) is 1.21. The van der Waals surface area contributed by atoms with Crippen LogP contribution < -0.4 is 0 Å². The van der Waals surface area contributed by atoms with Crippen LogP contribution in [0.15, 0.2) is 40.4 Å². The van der Waals surface area contributed by atoms with Crippen LogP contribution in [-0.2, 0) is 9.84 Å². The molecule has 0 radical (unpaired) electrons. The van der Waals surface area contributed by atoms with Gasteiger partial charge in [-0.1, -0.05) is 23.4 Å². The summed E-state index contributed by atoms with van der Waals surface area (Å²) in [6.45, 7) is 4.52. The summed E-state index contributed by atoms with van der Waals surface area (Å²) in [7, 11) is -3.54. The highest BCUT2D eigenvalue weighted by molar-refractivity contribution is 7.93. The Labute approximate surface area is 95.5 Å². The van der Waals surface area contributed by atoms with Crippen molar-refractivity contribution in [3.63, 3.8) is 0 Å². The number of hydrogen-bond donors (Lipinski definition) is 1. The SMILES string of the molecule is C/C(=N\O)C(C)(C)S(=O)(=O)c1ccccc1. The van der Waals surface area contributed by atoms with Crippen LogP contribution >= 0.6 is 0 Å². The first-order valence-electron chi connectivity index (χ1n) is 4.83. The van der Waals surface area contributed by atoms with E-state index in [9.17, 15) is 8.42 Å². The van der Waals surface area contributed by atoms with Crippen molar-refractivity contribution in [1.29, 1.82) is 0 Å². The number of nitrogens with zero attached hydrogens (tertiary/aromatic N) is 1. The standard InChI is InChI=1S/C11H15NO3S/c1-9(12-13)11(2,3)16(14,15)10-7-5-4-6-8-10/h4-8,13H,1-3H3/b12-9+. The zero-order valence-electron chi connectivity index (χ0n) is 9.51. The van der Waals surface area contributed by atoms with E-state index in [1.165, 1.54) is 32.9 Å². The summed E-state index contributed by atoms with van der Waals surface area (Å²) in [5.41, 5.74) is 0.163. The molecule has 0 atom stereocenters. The Morgan fingerprint density at radius 3 is 2.19 bits per heavy atom. The second kappa shape index (κ2) is 4.25. The van der Waals surface area contributed by atoms with Crippen molar-refractivity contribution in [1.82, 2.24) is 0 Å². The zero-order valence-corrected chi connectivity index (χ0v) is 10.3. The number of sulfone groups is 1. The van der Waals surface area contributed by atoms with Gasteiger partial charge in [-0.15, -0.1) is 0 Å². The quantitative estimate of drug-likeness (QED) is 0.500.